The van der Waals surface area contributed by atoms with Gasteiger partial charge in [-0.2, -0.15) is 0 Å². The zero-order chi connectivity index (χ0) is 18.6. The first kappa shape index (κ1) is 19.5. The molecule has 1 saturated heterocycles. The molecule has 138 valence electrons. The second-order valence-corrected chi connectivity index (χ2v) is 7.54. The lowest BCUT2D eigenvalue weighted by Crippen LogP contribution is -2.48. The standard InChI is InChI=1S/C16H20F2N2O4S/c1-25(24)8-7-20-9-10(11-3-2-4-12(17)14(11)18)5-6-13(15(20)21)19-16(22)23/h2-4,10,13,19H,5-9H2,1H3,(H,22,23)/t10-,13-,25?/m1/s1. The molecule has 0 saturated carbocycles. The van der Waals surface area contributed by atoms with Crippen LogP contribution in [0.1, 0.15) is 24.3 Å². The van der Waals surface area contributed by atoms with E-state index in [4.69, 9.17) is 5.11 Å². The van der Waals surface area contributed by atoms with Crippen LogP contribution in [0.5, 0.6) is 0 Å². The maximum atomic E-state index is 14.1. The molecule has 1 fully saturated rings. The van der Waals surface area contributed by atoms with Gasteiger partial charge in [-0.25, -0.2) is 13.6 Å². The van der Waals surface area contributed by atoms with E-state index >= 15 is 0 Å². The molecule has 0 aromatic heterocycles. The first-order valence-corrected chi connectivity index (χ1v) is 9.54. The van der Waals surface area contributed by atoms with Crippen LogP contribution in [0.15, 0.2) is 18.2 Å². The zero-order valence-corrected chi connectivity index (χ0v) is 14.5. The van der Waals surface area contributed by atoms with Crippen LogP contribution >= 0.6 is 0 Å². The number of carbonyl (C=O) groups is 2. The summed E-state index contributed by atoms with van der Waals surface area (Å²) in [4.78, 5) is 24.8. The minimum Gasteiger partial charge on any atom is -0.617 e. The van der Waals surface area contributed by atoms with Crippen LogP contribution in [0, 0.1) is 11.6 Å². The summed E-state index contributed by atoms with van der Waals surface area (Å²) in [6, 6.07) is 2.94. The van der Waals surface area contributed by atoms with Crippen molar-refractivity contribution in [2.75, 3.05) is 25.1 Å². The summed E-state index contributed by atoms with van der Waals surface area (Å²) in [6.45, 7) is 0.279. The molecule has 0 radical (unpaired) electrons. The maximum absolute atomic E-state index is 14.1. The Morgan fingerprint density at radius 2 is 2.16 bits per heavy atom. The predicted molar refractivity (Wildman–Crippen MR) is 88.8 cm³/mol. The minimum absolute atomic E-state index is 0.119. The van der Waals surface area contributed by atoms with Crippen LogP contribution in [0.3, 0.4) is 0 Å². The second-order valence-electron chi connectivity index (χ2n) is 5.98. The molecule has 1 aromatic rings. The van der Waals surface area contributed by atoms with E-state index in [1.54, 1.807) is 0 Å². The molecule has 6 nitrogen and oxygen atoms in total. The number of likely N-dealkylation sites (tertiary alicyclic amines) is 1. The molecule has 3 atom stereocenters. The Hall–Kier alpha value is -1.87. The number of hydrogen-bond acceptors (Lipinski definition) is 3. The predicted octanol–water partition coefficient (Wildman–Crippen LogP) is 1.69. The monoisotopic (exact) mass is 374 g/mol. The summed E-state index contributed by atoms with van der Waals surface area (Å²) in [5, 5.41) is 11.1. The fraction of sp³-hybridized carbons (Fsp3) is 0.500. The van der Waals surface area contributed by atoms with Crippen molar-refractivity contribution < 1.29 is 28.0 Å². The van der Waals surface area contributed by atoms with Crippen molar-refractivity contribution in [2.45, 2.75) is 24.8 Å². The molecule has 0 spiro atoms. The highest BCUT2D eigenvalue weighted by molar-refractivity contribution is 7.90. The molecule has 25 heavy (non-hydrogen) atoms. The van der Waals surface area contributed by atoms with Crippen LogP contribution < -0.4 is 5.32 Å². The van der Waals surface area contributed by atoms with Gasteiger partial charge >= 0.3 is 6.09 Å². The Morgan fingerprint density at radius 1 is 1.44 bits per heavy atom. The van der Waals surface area contributed by atoms with Gasteiger partial charge in [0.25, 0.3) is 0 Å². The van der Waals surface area contributed by atoms with Crippen molar-refractivity contribution in [3.63, 3.8) is 0 Å². The molecule has 2 N–H and O–H groups in total. The van der Waals surface area contributed by atoms with Gasteiger partial charge in [-0.3, -0.25) is 4.79 Å². The van der Waals surface area contributed by atoms with Crippen molar-refractivity contribution in [2.24, 2.45) is 0 Å². The number of rotatable bonds is 5. The maximum Gasteiger partial charge on any atom is 0.405 e. The average molecular weight is 374 g/mol. The topological polar surface area (TPSA) is 92.7 Å². The highest BCUT2D eigenvalue weighted by atomic mass is 32.2. The third-order valence-corrected chi connectivity index (χ3v) is 4.98. The van der Waals surface area contributed by atoms with Crippen molar-refractivity contribution in [1.82, 2.24) is 10.2 Å². The minimum atomic E-state index is -1.33. The van der Waals surface area contributed by atoms with Gasteiger partial charge in [0, 0.05) is 12.5 Å². The number of carbonyl (C=O) groups excluding carboxylic acids is 1. The van der Waals surface area contributed by atoms with E-state index in [9.17, 15) is 22.9 Å². The molecule has 1 unspecified atom stereocenters. The summed E-state index contributed by atoms with van der Waals surface area (Å²) in [6.07, 6.45) is 0.673. The van der Waals surface area contributed by atoms with Crippen molar-refractivity contribution in [1.29, 1.82) is 0 Å². The van der Waals surface area contributed by atoms with Gasteiger partial charge in [0.2, 0.25) is 5.91 Å². The van der Waals surface area contributed by atoms with E-state index in [0.29, 0.717) is 6.42 Å². The molecule has 1 aliphatic heterocycles. The fourth-order valence-electron chi connectivity index (χ4n) is 2.97. The van der Waals surface area contributed by atoms with Gasteiger partial charge in [-0.1, -0.05) is 23.3 Å². The third-order valence-electron chi connectivity index (χ3n) is 4.22. The van der Waals surface area contributed by atoms with E-state index in [2.05, 4.69) is 5.32 Å². The summed E-state index contributed by atoms with van der Waals surface area (Å²) < 4.78 is 39.0. The van der Waals surface area contributed by atoms with Crippen LogP contribution in [-0.2, 0) is 16.0 Å². The Labute approximate surface area is 147 Å². The van der Waals surface area contributed by atoms with Gasteiger partial charge in [0.1, 0.15) is 11.8 Å². The molecule has 0 bridgehead atoms. The Morgan fingerprint density at radius 3 is 2.80 bits per heavy atom. The van der Waals surface area contributed by atoms with E-state index in [0.717, 1.165) is 6.07 Å². The van der Waals surface area contributed by atoms with Gasteiger partial charge in [0.15, 0.2) is 11.6 Å². The van der Waals surface area contributed by atoms with Crippen LogP contribution in [0.25, 0.3) is 0 Å². The van der Waals surface area contributed by atoms with Crippen LogP contribution in [-0.4, -0.2) is 57.7 Å². The van der Waals surface area contributed by atoms with Crippen molar-refractivity contribution >= 4 is 23.2 Å². The second kappa shape index (κ2) is 8.48. The SMILES string of the molecule is C[S+]([O-])CCN1C[C@H](c2cccc(F)c2F)CC[C@@H](NC(=O)O)C1=O. The lowest BCUT2D eigenvalue weighted by Gasteiger charge is -2.26. The first-order valence-electron chi connectivity index (χ1n) is 7.81. The van der Waals surface area contributed by atoms with Crippen LogP contribution in [0.4, 0.5) is 13.6 Å². The molecule has 1 heterocycles. The summed E-state index contributed by atoms with van der Waals surface area (Å²) in [7, 11) is 0. The molecule has 0 aliphatic carbocycles. The number of halogens is 2. The Kier molecular flexibility index (Phi) is 6.60. The Bertz CT molecular complexity index is 645. The summed E-state index contributed by atoms with van der Waals surface area (Å²) in [5.74, 6) is -2.60. The number of carboxylic acid groups (broad SMARTS) is 1. The van der Waals surface area contributed by atoms with E-state index in [-0.39, 0.29) is 30.8 Å². The van der Waals surface area contributed by atoms with Gasteiger partial charge < -0.3 is 19.9 Å². The Balaban J connectivity index is 2.26. The van der Waals surface area contributed by atoms with Gasteiger partial charge in [-0.15, -0.1) is 0 Å². The molecule has 9 heteroatoms. The molecule has 1 aliphatic rings. The fourth-order valence-corrected chi connectivity index (χ4v) is 3.45. The van der Waals surface area contributed by atoms with Crippen molar-refractivity contribution in [3.05, 3.63) is 35.4 Å². The number of nitrogens with one attached hydrogen (secondary N) is 1. The lowest BCUT2D eigenvalue weighted by atomic mass is 9.93. The number of amides is 2. The lowest BCUT2D eigenvalue weighted by molar-refractivity contribution is -0.132. The molecule has 2 rings (SSSR count). The van der Waals surface area contributed by atoms with Gasteiger partial charge in [-0.05, 0) is 24.5 Å². The molecule has 2 amide bonds. The van der Waals surface area contributed by atoms with E-state index in [1.807, 2.05) is 0 Å². The van der Waals surface area contributed by atoms with Crippen molar-refractivity contribution in [3.8, 4) is 0 Å². The largest absolute Gasteiger partial charge is 0.617 e. The van der Waals surface area contributed by atoms with Gasteiger partial charge in [0.05, 0.1) is 12.8 Å². The smallest absolute Gasteiger partial charge is 0.405 e. The van der Waals surface area contributed by atoms with Crippen LogP contribution in [0.2, 0.25) is 0 Å². The molecular weight excluding hydrogens is 354 g/mol. The first-order chi connectivity index (χ1) is 11.8. The molecular formula is C16H20F2N2O4S. The third kappa shape index (κ3) is 5.05. The summed E-state index contributed by atoms with van der Waals surface area (Å²) >= 11 is -1.14. The number of nitrogens with zero attached hydrogens (tertiary/aromatic N) is 1. The van der Waals surface area contributed by atoms with E-state index < -0.39 is 46.8 Å². The zero-order valence-electron chi connectivity index (χ0n) is 13.7. The quantitative estimate of drug-likeness (QED) is 0.767. The number of hydrogen-bond donors (Lipinski definition) is 2. The highest BCUT2D eigenvalue weighted by Gasteiger charge is 2.34. The normalized spacial score (nSPS) is 22.4. The molecule has 1 aromatic carbocycles. The summed E-state index contributed by atoms with van der Waals surface area (Å²) in [5.41, 5.74) is 0.159. The number of benzene rings is 1. The highest BCUT2D eigenvalue weighted by Crippen LogP contribution is 2.30. The average Bonchev–Trinajstić information content (AvgIpc) is 2.68. The van der Waals surface area contributed by atoms with E-state index in [1.165, 1.54) is 23.3 Å².